The van der Waals surface area contributed by atoms with E-state index in [1.165, 1.54) is 18.3 Å². The van der Waals surface area contributed by atoms with Crippen molar-refractivity contribution in [3.63, 3.8) is 0 Å². The average Bonchev–Trinajstić information content (AvgIpc) is 2.73. The number of hydrogen-bond acceptors (Lipinski definition) is 2. The van der Waals surface area contributed by atoms with Crippen molar-refractivity contribution in [2.75, 3.05) is 5.32 Å². The molecule has 0 spiro atoms. The van der Waals surface area contributed by atoms with E-state index < -0.39 is 5.95 Å². The number of pyridine rings is 1. The second-order valence-electron chi connectivity index (χ2n) is 3.65. The van der Waals surface area contributed by atoms with Crippen molar-refractivity contribution in [1.29, 1.82) is 0 Å². The number of carbonyl (C=O) groups is 1. The predicted octanol–water partition coefficient (Wildman–Crippen LogP) is 3.06. The maximum atomic E-state index is 12.6. The van der Waals surface area contributed by atoms with Gasteiger partial charge in [0.25, 0.3) is 5.91 Å². The Balaban J connectivity index is 2.19. The number of rotatable bonds is 3. The van der Waals surface area contributed by atoms with E-state index >= 15 is 0 Å². The van der Waals surface area contributed by atoms with Gasteiger partial charge in [-0.15, -0.1) is 0 Å². The molecular formula is C12H11BrFN3O. The van der Waals surface area contributed by atoms with E-state index in [0.717, 1.165) is 4.47 Å². The smallest absolute Gasteiger partial charge is 0.272 e. The summed E-state index contributed by atoms with van der Waals surface area (Å²) in [5.74, 6) is -0.830. The van der Waals surface area contributed by atoms with Gasteiger partial charge in [-0.05, 0) is 41.1 Å². The Morgan fingerprint density at radius 1 is 1.56 bits per heavy atom. The summed E-state index contributed by atoms with van der Waals surface area (Å²) >= 11 is 3.32. The average molecular weight is 312 g/mol. The highest BCUT2D eigenvalue weighted by Gasteiger charge is 2.12. The number of amides is 1. The molecule has 4 nitrogen and oxygen atoms in total. The minimum atomic E-state index is -0.576. The molecule has 1 amide bonds. The van der Waals surface area contributed by atoms with Crippen LogP contribution in [0.1, 0.15) is 17.4 Å². The third-order valence-electron chi connectivity index (χ3n) is 2.42. The molecule has 0 saturated carbocycles. The highest BCUT2D eigenvalue weighted by atomic mass is 79.9. The Morgan fingerprint density at radius 3 is 2.94 bits per heavy atom. The zero-order chi connectivity index (χ0) is 13.1. The lowest BCUT2D eigenvalue weighted by Crippen LogP contribution is -2.16. The van der Waals surface area contributed by atoms with Gasteiger partial charge in [0.05, 0.1) is 11.9 Å². The second-order valence-corrected chi connectivity index (χ2v) is 4.57. The van der Waals surface area contributed by atoms with E-state index in [9.17, 15) is 9.18 Å². The lowest BCUT2D eigenvalue weighted by molar-refractivity contribution is 0.101. The second kappa shape index (κ2) is 5.30. The van der Waals surface area contributed by atoms with Gasteiger partial charge in [-0.1, -0.05) is 0 Å². The molecule has 6 heteroatoms. The number of nitrogens with one attached hydrogen (secondary N) is 1. The standard InChI is InChI=1S/C12H11BrFN3O/c1-2-17-7-8(13)5-10(17)12(18)16-9-3-4-11(14)15-6-9/h3-7H,2H2,1H3,(H,16,18). The monoisotopic (exact) mass is 311 g/mol. The van der Waals surface area contributed by atoms with Crippen molar-refractivity contribution in [3.05, 3.63) is 46.7 Å². The normalized spacial score (nSPS) is 10.4. The topological polar surface area (TPSA) is 46.9 Å². The molecule has 2 aromatic rings. The van der Waals surface area contributed by atoms with Gasteiger partial charge in [-0.3, -0.25) is 4.79 Å². The summed E-state index contributed by atoms with van der Waals surface area (Å²) in [7, 11) is 0. The van der Waals surface area contributed by atoms with Gasteiger partial charge in [-0.25, -0.2) is 4.98 Å². The summed E-state index contributed by atoms with van der Waals surface area (Å²) < 4.78 is 15.3. The molecular weight excluding hydrogens is 301 g/mol. The van der Waals surface area contributed by atoms with Crippen molar-refractivity contribution in [2.45, 2.75) is 13.5 Å². The van der Waals surface area contributed by atoms with E-state index in [0.29, 0.717) is 17.9 Å². The molecule has 0 aliphatic carbocycles. The molecule has 1 N–H and O–H groups in total. The van der Waals surface area contributed by atoms with Crippen LogP contribution in [0.2, 0.25) is 0 Å². The fourth-order valence-corrected chi connectivity index (χ4v) is 2.04. The van der Waals surface area contributed by atoms with Crippen LogP contribution in [0.4, 0.5) is 10.1 Å². The number of nitrogens with zero attached hydrogens (tertiary/aromatic N) is 2. The van der Waals surface area contributed by atoms with Crippen molar-refractivity contribution in [1.82, 2.24) is 9.55 Å². The quantitative estimate of drug-likeness (QED) is 0.886. The summed E-state index contributed by atoms with van der Waals surface area (Å²) in [5, 5.41) is 2.66. The van der Waals surface area contributed by atoms with Crippen LogP contribution in [0, 0.1) is 5.95 Å². The van der Waals surface area contributed by atoms with Gasteiger partial charge in [0.1, 0.15) is 5.69 Å². The van der Waals surface area contributed by atoms with Crippen LogP contribution in [-0.2, 0) is 6.54 Å². The summed E-state index contributed by atoms with van der Waals surface area (Å²) in [6.45, 7) is 2.64. The summed E-state index contributed by atoms with van der Waals surface area (Å²) in [5.41, 5.74) is 0.995. The molecule has 0 atom stereocenters. The maximum Gasteiger partial charge on any atom is 0.272 e. The zero-order valence-electron chi connectivity index (χ0n) is 9.65. The van der Waals surface area contributed by atoms with E-state index in [1.54, 1.807) is 6.07 Å². The third-order valence-corrected chi connectivity index (χ3v) is 2.86. The summed E-state index contributed by atoms with van der Waals surface area (Å²) in [6, 6.07) is 4.40. The van der Waals surface area contributed by atoms with Crippen molar-refractivity contribution in [2.24, 2.45) is 0 Å². The first-order valence-corrected chi connectivity index (χ1v) is 6.18. The van der Waals surface area contributed by atoms with E-state index in [4.69, 9.17) is 0 Å². The molecule has 2 aromatic heterocycles. The fourth-order valence-electron chi connectivity index (χ4n) is 1.57. The van der Waals surface area contributed by atoms with E-state index in [2.05, 4.69) is 26.2 Å². The Bertz CT molecular complexity index is 565. The largest absolute Gasteiger partial charge is 0.343 e. The van der Waals surface area contributed by atoms with Gasteiger partial charge in [0.2, 0.25) is 5.95 Å². The number of halogens is 2. The molecule has 0 aromatic carbocycles. The highest BCUT2D eigenvalue weighted by Crippen LogP contribution is 2.16. The molecule has 2 rings (SSSR count). The zero-order valence-corrected chi connectivity index (χ0v) is 11.2. The molecule has 94 valence electrons. The molecule has 0 bridgehead atoms. The van der Waals surface area contributed by atoms with Crippen LogP contribution < -0.4 is 5.32 Å². The van der Waals surface area contributed by atoms with Crippen LogP contribution in [0.25, 0.3) is 0 Å². The first-order valence-electron chi connectivity index (χ1n) is 5.38. The van der Waals surface area contributed by atoms with Crippen LogP contribution in [0.5, 0.6) is 0 Å². The first kappa shape index (κ1) is 12.8. The lowest BCUT2D eigenvalue weighted by Gasteiger charge is -2.07. The molecule has 0 saturated heterocycles. The molecule has 18 heavy (non-hydrogen) atoms. The molecule has 2 heterocycles. The lowest BCUT2D eigenvalue weighted by atomic mass is 10.3. The highest BCUT2D eigenvalue weighted by molar-refractivity contribution is 9.10. The van der Waals surface area contributed by atoms with Crippen LogP contribution in [0.3, 0.4) is 0 Å². The van der Waals surface area contributed by atoms with E-state index in [1.807, 2.05) is 17.7 Å². The van der Waals surface area contributed by atoms with Crippen molar-refractivity contribution in [3.8, 4) is 0 Å². The van der Waals surface area contributed by atoms with Gasteiger partial charge >= 0.3 is 0 Å². The molecule has 0 unspecified atom stereocenters. The Kier molecular flexibility index (Phi) is 3.76. The minimum absolute atomic E-state index is 0.254. The van der Waals surface area contributed by atoms with E-state index in [-0.39, 0.29) is 5.91 Å². The fraction of sp³-hybridized carbons (Fsp3) is 0.167. The van der Waals surface area contributed by atoms with Crippen molar-refractivity contribution < 1.29 is 9.18 Å². The number of carbonyl (C=O) groups excluding carboxylic acids is 1. The Morgan fingerprint density at radius 2 is 2.33 bits per heavy atom. The SMILES string of the molecule is CCn1cc(Br)cc1C(=O)Nc1ccc(F)nc1. The first-order chi connectivity index (χ1) is 8.60. The number of anilines is 1. The Labute approximate surface area is 112 Å². The Hall–Kier alpha value is -1.69. The van der Waals surface area contributed by atoms with Crippen LogP contribution in [0.15, 0.2) is 35.1 Å². The van der Waals surface area contributed by atoms with Gasteiger partial charge < -0.3 is 9.88 Å². The molecule has 0 aliphatic heterocycles. The molecule has 0 fully saturated rings. The third kappa shape index (κ3) is 2.76. The number of hydrogen-bond donors (Lipinski definition) is 1. The predicted molar refractivity (Wildman–Crippen MR) is 70.0 cm³/mol. The van der Waals surface area contributed by atoms with Crippen LogP contribution in [-0.4, -0.2) is 15.5 Å². The summed E-state index contributed by atoms with van der Waals surface area (Å²) in [6.07, 6.45) is 3.11. The number of aromatic nitrogens is 2. The molecule has 0 radical (unpaired) electrons. The van der Waals surface area contributed by atoms with Gasteiger partial charge in [0.15, 0.2) is 0 Å². The molecule has 0 aliphatic rings. The number of aryl methyl sites for hydroxylation is 1. The maximum absolute atomic E-state index is 12.6. The van der Waals surface area contributed by atoms with Gasteiger partial charge in [0, 0.05) is 17.2 Å². The van der Waals surface area contributed by atoms with Crippen LogP contribution >= 0.6 is 15.9 Å². The van der Waals surface area contributed by atoms with Gasteiger partial charge in [-0.2, -0.15) is 4.39 Å². The summed E-state index contributed by atoms with van der Waals surface area (Å²) in [4.78, 5) is 15.5. The minimum Gasteiger partial charge on any atom is -0.343 e. The van der Waals surface area contributed by atoms with Crippen molar-refractivity contribution >= 4 is 27.5 Å².